The van der Waals surface area contributed by atoms with E-state index in [1.54, 1.807) is 6.20 Å². The normalized spacial score (nSPS) is 17.7. The van der Waals surface area contributed by atoms with Crippen molar-refractivity contribution in [2.45, 2.75) is 31.5 Å². The standard InChI is InChI=1S/C27H31N5O2/c1-31(2)13-14-33-23-16-21(17-23)27-30-24(25-26(28)29-11-12-32(25)27)20-9-6-10-22(15-20)34-18-19-7-4-3-5-8-19/h3-12,15,21,23H,13-14,16-18H2,1-2H3,(H2,28,29)/t21-,23+. The Morgan fingerprint density at radius 3 is 2.71 bits per heavy atom. The third-order valence-corrected chi connectivity index (χ3v) is 6.32. The molecule has 0 radical (unpaired) electrons. The summed E-state index contributed by atoms with van der Waals surface area (Å²) in [5, 5.41) is 0. The fourth-order valence-electron chi connectivity index (χ4n) is 4.36. The molecule has 1 fully saturated rings. The molecule has 5 rings (SSSR count). The van der Waals surface area contributed by atoms with E-state index in [9.17, 15) is 0 Å². The Morgan fingerprint density at radius 2 is 1.91 bits per heavy atom. The summed E-state index contributed by atoms with van der Waals surface area (Å²) in [5.74, 6) is 2.63. The van der Waals surface area contributed by atoms with Crippen LogP contribution in [0.1, 0.15) is 30.1 Å². The number of ether oxygens (including phenoxy) is 2. The Labute approximate surface area is 200 Å². The van der Waals surface area contributed by atoms with Crippen LogP contribution < -0.4 is 10.5 Å². The van der Waals surface area contributed by atoms with Crippen LogP contribution >= 0.6 is 0 Å². The number of nitrogens with zero attached hydrogens (tertiary/aromatic N) is 4. The van der Waals surface area contributed by atoms with Crippen LogP contribution in [0.25, 0.3) is 16.8 Å². The molecule has 176 valence electrons. The zero-order valence-electron chi connectivity index (χ0n) is 19.7. The summed E-state index contributed by atoms with van der Waals surface area (Å²) in [5.41, 5.74) is 10.1. The third-order valence-electron chi connectivity index (χ3n) is 6.32. The zero-order chi connectivity index (χ0) is 23.5. The molecule has 2 N–H and O–H groups in total. The Kier molecular flexibility index (Phi) is 6.47. The highest BCUT2D eigenvalue weighted by molar-refractivity contribution is 5.85. The molecular formula is C27H31N5O2. The van der Waals surface area contributed by atoms with Crippen molar-refractivity contribution in [3.63, 3.8) is 0 Å². The molecule has 0 bridgehead atoms. The molecule has 0 unspecified atom stereocenters. The van der Waals surface area contributed by atoms with E-state index in [2.05, 4.69) is 40.5 Å². The van der Waals surface area contributed by atoms with Gasteiger partial charge >= 0.3 is 0 Å². The largest absolute Gasteiger partial charge is 0.489 e. The van der Waals surface area contributed by atoms with Gasteiger partial charge in [0.1, 0.15) is 35.2 Å². The molecule has 0 amide bonds. The number of rotatable bonds is 9. The maximum atomic E-state index is 6.33. The summed E-state index contributed by atoms with van der Waals surface area (Å²) in [7, 11) is 4.12. The molecule has 7 heteroatoms. The van der Waals surface area contributed by atoms with Gasteiger partial charge < -0.3 is 20.1 Å². The third kappa shape index (κ3) is 4.76. The Hall–Kier alpha value is -3.42. The zero-order valence-corrected chi connectivity index (χ0v) is 19.7. The van der Waals surface area contributed by atoms with Gasteiger partial charge in [0, 0.05) is 30.4 Å². The summed E-state index contributed by atoms with van der Waals surface area (Å²) in [6.07, 6.45) is 5.91. The van der Waals surface area contributed by atoms with Gasteiger partial charge in [-0.2, -0.15) is 0 Å². The van der Waals surface area contributed by atoms with Crippen molar-refractivity contribution in [3.05, 3.63) is 78.4 Å². The lowest BCUT2D eigenvalue weighted by atomic mass is 9.81. The highest BCUT2D eigenvalue weighted by atomic mass is 16.5. The van der Waals surface area contributed by atoms with Crippen LogP contribution in [0.5, 0.6) is 5.75 Å². The van der Waals surface area contributed by atoms with E-state index >= 15 is 0 Å². The molecule has 0 aliphatic heterocycles. The van der Waals surface area contributed by atoms with Gasteiger partial charge in [0.05, 0.1) is 12.7 Å². The van der Waals surface area contributed by atoms with Gasteiger partial charge in [0.25, 0.3) is 0 Å². The maximum absolute atomic E-state index is 6.33. The molecule has 2 aromatic carbocycles. The minimum atomic E-state index is 0.287. The first-order chi connectivity index (χ1) is 16.6. The molecule has 7 nitrogen and oxygen atoms in total. The fourth-order valence-corrected chi connectivity index (χ4v) is 4.36. The van der Waals surface area contributed by atoms with Crippen molar-refractivity contribution in [2.75, 3.05) is 33.0 Å². The SMILES string of the molecule is CN(C)CCO[C@H]1C[C@@H](c2nc(-c3cccc(OCc4ccccc4)c3)c3c(N)nccn32)C1. The Morgan fingerprint density at radius 1 is 1.09 bits per heavy atom. The van der Waals surface area contributed by atoms with Gasteiger partial charge in [0.2, 0.25) is 0 Å². The lowest BCUT2D eigenvalue weighted by molar-refractivity contribution is -0.0167. The van der Waals surface area contributed by atoms with Crippen LogP contribution in [0, 0.1) is 0 Å². The van der Waals surface area contributed by atoms with E-state index in [-0.39, 0.29) is 6.10 Å². The highest BCUT2D eigenvalue weighted by Crippen LogP contribution is 2.41. The minimum Gasteiger partial charge on any atom is -0.489 e. The van der Waals surface area contributed by atoms with Crippen LogP contribution in [-0.2, 0) is 11.3 Å². The Bertz CT molecular complexity index is 1250. The highest BCUT2D eigenvalue weighted by Gasteiger charge is 2.35. The molecule has 4 aromatic rings. The first-order valence-corrected chi connectivity index (χ1v) is 11.7. The van der Waals surface area contributed by atoms with Crippen molar-refractivity contribution in [2.24, 2.45) is 0 Å². The van der Waals surface area contributed by atoms with Crippen molar-refractivity contribution >= 4 is 11.3 Å². The number of fused-ring (bicyclic) bond motifs is 1. The molecule has 2 aromatic heterocycles. The molecule has 1 saturated carbocycles. The van der Waals surface area contributed by atoms with Crippen LogP contribution in [0.15, 0.2) is 67.0 Å². The number of imidazole rings is 1. The smallest absolute Gasteiger partial charge is 0.150 e. The number of hydrogen-bond acceptors (Lipinski definition) is 6. The predicted molar refractivity (Wildman–Crippen MR) is 134 cm³/mol. The number of nitrogens with two attached hydrogens (primary N) is 1. The van der Waals surface area contributed by atoms with E-state index in [1.165, 1.54) is 0 Å². The number of nitrogen functional groups attached to an aromatic ring is 1. The minimum absolute atomic E-state index is 0.287. The summed E-state index contributed by atoms with van der Waals surface area (Å²) >= 11 is 0. The van der Waals surface area contributed by atoms with E-state index in [1.807, 2.05) is 48.7 Å². The number of anilines is 1. The number of benzene rings is 2. The summed E-state index contributed by atoms with van der Waals surface area (Å²) in [6.45, 7) is 2.20. The number of hydrogen-bond donors (Lipinski definition) is 1. The first-order valence-electron chi connectivity index (χ1n) is 11.7. The predicted octanol–water partition coefficient (Wildman–Crippen LogP) is 4.38. The topological polar surface area (TPSA) is 77.9 Å². The van der Waals surface area contributed by atoms with Crippen LogP contribution in [0.2, 0.25) is 0 Å². The van der Waals surface area contributed by atoms with Gasteiger partial charge in [-0.15, -0.1) is 0 Å². The second kappa shape index (κ2) is 9.83. The summed E-state index contributed by atoms with van der Waals surface area (Å²) in [6, 6.07) is 18.2. The Balaban J connectivity index is 1.37. The molecule has 0 atom stereocenters. The van der Waals surface area contributed by atoms with Crippen LogP contribution in [-0.4, -0.2) is 52.6 Å². The molecule has 0 spiro atoms. The van der Waals surface area contributed by atoms with Crippen LogP contribution in [0.3, 0.4) is 0 Å². The van der Waals surface area contributed by atoms with Gasteiger partial charge in [-0.1, -0.05) is 42.5 Å². The quantitative estimate of drug-likeness (QED) is 0.402. The van der Waals surface area contributed by atoms with E-state index in [0.29, 0.717) is 18.3 Å². The molecular weight excluding hydrogens is 426 g/mol. The van der Waals surface area contributed by atoms with E-state index < -0.39 is 0 Å². The van der Waals surface area contributed by atoms with Crippen molar-refractivity contribution < 1.29 is 9.47 Å². The summed E-state index contributed by atoms with van der Waals surface area (Å²) in [4.78, 5) is 11.5. The lowest BCUT2D eigenvalue weighted by Gasteiger charge is -2.34. The van der Waals surface area contributed by atoms with E-state index in [0.717, 1.165) is 59.9 Å². The van der Waals surface area contributed by atoms with Crippen molar-refractivity contribution in [1.82, 2.24) is 19.3 Å². The van der Waals surface area contributed by atoms with Crippen molar-refractivity contribution in [3.8, 4) is 17.0 Å². The van der Waals surface area contributed by atoms with Crippen LogP contribution in [0.4, 0.5) is 5.82 Å². The summed E-state index contributed by atoms with van der Waals surface area (Å²) < 4.78 is 14.2. The van der Waals surface area contributed by atoms with Gasteiger partial charge in [-0.05, 0) is 44.6 Å². The number of likely N-dealkylation sites (N-methyl/N-ethyl adjacent to an activating group) is 1. The molecule has 2 heterocycles. The monoisotopic (exact) mass is 457 g/mol. The van der Waals surface area contributed by atoms with Gasteiger partial charge in [-0.25, -0.2) is 9.97 Å². The fraction of sp³-hybridized carbons (Fsp3) is 0.333. The maximum Gasteiger partial charge on any atom is 0.150 e. The molecule has 0 saturated heterocycles. The average molecular weight is 458 g/mol. The van der Waals surface area contributed by atoms with Crippen molar-refractivity contribution in [1.29, 1.82) is 0 Å². The number of aromatic nitrogens is 3. The second-order valence-corrected chi connectivity index (χ2v) is 9.12. The van der Waals surface area contributed by atoms with Gasteiger partial charge in [0.15, 0.2) is 0 Å². The molecule has 1 aliphatic rings. The lowest BCUT2D eigenvalue weighted by Crippen LogP contribution is -2.33. The first kappa shape index (κ1) is 22.4. The molecule has 34 heavy (non-hydrogen) atoms. The average Bonchev–Trinajstić information content (AvgIpc) is 3.20. The van der Waals surface area contributed by atoms with E-state index in [4.69, 9.17) is 20.2 Å². The molecule has 1 aliphatic carbocycles. The second-order valence-electron chi connectivity index (χ2n) is 9.12. The van der Waals surface area contributed by atoms with Gasteiger partial charge in [-0.3, -0.25) is 4.40 Å².